The fraction of sp³-hybridized carbons (Fsp3) is 0.267. The molecule has 0 atom stereocenters. The van der Waals surface area contributed by atoms with Crippen LogP contribution < -0.4 is 0 Å². The molecule has 0 aliphatic rings. The van der Waals surface area contributed by atoms with Gasteiger partial charge in [0.05, 0.1) is 12.2 Å². The Morgan fingerprint density at radius 1 is 1.35 bits per heavy atom. The van der Waals surface area contributed by atoms with E-state index in [2.05, 4.69) is 0 Å². The molecule has 0 radical (unpaired) electrons. The van der Waals surface area contributed by atoms with Crippen LogP contribution in [0.15, 0.2) is 24.3 Å². The van der Waals surface area contributed by atoms with Crippen molar-refractivity contribution in [3.8, 4) is 0 Å². The van der Waals surface area contributed by atoms with Gasteiger partial charge >= 0.3 is 11.9 Å². The maximum Gasteiger partial charge on any atom is 0.338 e. The average molecular weight is 276 g/mol. The monoisotopic (exact) mass is 276 g/mol. The van der Waals surface area contributed by atoms with E-state index in [1.807, 2.05) is 0 Å². The molecule has 5 heteroatoms. The number of aliphatic carboxylic acids is 1. The van der Waals surface area contributed by atoms with Crippen LogP contribution in [0, 0.1) is 0 Å². The molecule has 0 saturated heterocycles. The Bertz CT molecular complexity index is 531. The van der Waals surface area contributed by atoms with Crippen LogP contribution in [0.4, 0.5) is 0 Å². The molecule has 1 aromatic carbocycles. The first kappa shape index (κ1) is 15.6. The maximum absolute atomic E-state index is 11.8. The smallest absolute Gasteiger partial charge is 0.338 e. The number of ether oxygens (including phenoxy) is 1. The number of benzene rings is 1. The lowest BCUT2D eigenvalue weighted by Crippen LogP contribution is -2.08. The van der Waals surface area contributed by atoms with Crippen molar-refractivity contribution in [2.45, 2.75) is 19.8 Å². The number of aldehydes is 1. The minimum absolute atomic E-state index is 0.270. The maximum atomic E-state index is 11.8. The second kappa shape index (κ2) is 7.89. The minimum Gasteiger partial charge on any atom is -0.478 e. The summed E-state index contributed by atoms with van der Waals surface area (Å²) in [4.78, 5) is 32.7. The van der Waals surface area contributed by atoms with Crippen LogP contribution in [0.2, 0.25) is 0 Å². The Labute approximate surface area is 116 Å². The average Bonchev–Trinajstić information content (AvgIpc) is 2.43. The molecule has 0 spiro atoms. The summed E-state index contributed by atoms with van der Waals surface area (Å²) in [5, 5.41) is 8.59. The van der Waals surface area contributed by atoms with E-state index in [1.165, 1.54) is 6.08 Å². The fourth-order valence-electron chi connectivity index (χ4n) is 1.71. The van der Waals surface area contributed by atoms with Gasteiger partial charge in [0.25, 0.3) is 0 Å². The SMILES string of the molecule is CCOC(=O)c1ccc(/C=C/C(=O)O)cc1CCC=O. The van der Waals surface area contributed by atoms with E-state index < -0.39 is 11.9 Å². The van der Waals surface area contributed by atoms with Crippen molar-refractivity contribution >= 4 is 24.3 Å². The van der Waals surface area contributed by atoms with Crippen LogP contribution in [0.5, 0.6) is 0 Å². The molecule has 0 bridgehead atoms. The number of rotatable bonds is 7. The lowest BCUT2D eigenvalue weighted by atomic mass is 10.00. The first-order valence-corrected chi connectivity index (χ1v) is 6.23. The number of hydrogen-bond donors (Lipinski definition) is 1. The molecular formula is C15H16O5. The van der Waals surface area contributed by atoms with Crippen LogP contribution in [-0.4, -0.2) is 29.9 Å². The molecule has 1 rings (SSSR count). The van der Waals surface area contributed by atoms with E-state index in [4.69, 9.17) is 9.84 Å². The molecule has 5 nitrogen and oxygen atoms in total. The molecule has 0 heterocycles. The highest BCUT2D eigenvalue weighted by molar-refractivity contribution is 5.92. The van der Waals surface area contributed by atoms with Gasteiger partial charge in [-0.05, 0) is 36.6 Å². The number of esters is 1. The molecule has 0 unspecified atom stereocenters. The van der Waals surface area contributed by atoms with Crippen molar-refractivity contribution in [3.63, 3.8) is 0 Å². The summed E-state index contributed by atoms with van der Waals surface area (Å²) in [6.07, 6.45) is 3.92. The molecule has 0 aliphatic carbocycles. The van der Waals surface area contributed by atoms with Crippen molar-refractivity contribution in [1.82, 2.24) is 0 Å². The highest BCUT2D eigenvalue weighted by Crippen LogP contribution is 2.16. The number of carbonyl (C=O) groups excluding carboxylic acids is 2. The molecule has 0 amide bonds. The van der Waals surface area contributed by atoms with E-state index in [1.54, 1.807) is 25.1 Å². The summed E-state index contributed by atoms with van der Waals surface area (Å²) < 4.78 is 4.95. The number of carboxylic acids is 1. The van der Waals surface area contributed by atoms with Crippen molar-refractivity contribution < 1.29 is 24.2 Å². The summed E-state index contributed by atoms with van der Waals surface area (Å²) in [5.74, 6) is -1.49. The normalized spacial score (nSPS) is 10.4. The van der Waals surface area contributed by atoms with Crippen molar-refractivity contribution in [3.05, 3.63) is 41.0 Å². The third-order valence-electron chi connectivity index (χ3n) is 2.57. The Morgan fingerprint density at radius 2 is 2.10 bits per heavy atom. The third-order valence-corrected chi connectivity index (χ3v) is 2.57. The standard InChI is InChI=1S/C15H16O5/c1-2-20-15(19)13-7-5-11(6-8-14(17)18)10-12(13)4-3-9-16/h5-10H,2-4H2,1H3,(H,17,18)/b8-6+. The quantitative estimate of drug-likeness (QED) is 0.468. The highest BCUT2D eigenvalue weighted by Gasteiger charge is 2.12. The number of carboxylic acid groups (broad SMARTS) is 1. The number of carbonyl (C=O) groups is 3. The third kappa shape index (κ3) is 4.68. The molecule has 20 heavy (non-hydrogen) atoms. The molecule has 1 N–H and O–H groups in total. The Morgan fingerprint density at radius 3 is 2.70 bits per heavy atom. The summed E-state index contributed by atoms with van der Waals surface area (Å²) >= 11 is 0. The van der Waals surface area contributed by atoms with Crippen LogP contribution in [0.1, 0.15) is 34.8 Å². The van der Waals surface area contributed by atoms with Gasteiger partial charge in [0.2, 0.25) is 0 Å². The van der Waals surface area contributed by atoms with Gasteiger partial charge in [0.1, 0.15) is 6.29 Å². The van der Waals surface area contributed by atoms with Crippen molar-refractivity contribution in [2.75, 3.05) is 6.61 Å². The van der Waals surface area contributed by atoms with Gasteiger partial charge in [0.15, 0.2) is 0 Å². The first-order valence-electron chi connectivity index (χ1n) is 6.23. The van der Waals surface area contributed by atoms with Gasteiger partial charge in [0, 0.05) is 12.5 Å². The molecule has 0 aliphatic heterocycles. The van der Waals surface area contributed by atoms with Gasteiger partial charge in [-0.3, -0.25) is 0 Å². The predicted octanol–water partition coefficient (Wildman–Crippen LogP) is 2.09. The predicted molar refractivity (Wildman–Crippen MR) is 73.5 cm³/mol. The number of hydrogen-bond acceptors (Lipinski definition) is 4. The van der Waals surface area contributed by atoms with Crippen LogP contribution in [0.3, 0.4) is 0 Å². The van der Waals surface area contributed by atoms with Crippen LogP contribution in [-0.2, 0) is 20.7 Å². The Balaban J connectivity index is 3.08. The van der Waals surface area contributed by atoms with Crippen molar-refractivity contribution in [2.24, 2.45) is 0 Å². The zero-order valence-electron chi connectivity index (χ0n) is 11.2. The summed E-state index contributed by atoms with van der Waals surface area (Å²) in [6, 6.07) is 4.91. The van der Waals surface area contributed by atoms with E-state index in [9.17, 15) is 14.4 Å². The van der Waals surface area contributed by atoms with E-state index in [0.29, 0.717) is 29.5 Å². The summed E-state index contributed by atoms with van der Waals surface area (Å²) in [5.41, 5.74) is 1.73. The summed E-state index contributed by atoms with van der Waals surface area (Å²) in [7, 11) is 0. The fourth-order valence-corrected chi connectivity index (χ4v) is 1.71. The Hall–Kier alpha value is -2.43. The first-order chi connectivity index (χ1) is 9.58. The van der Waals surface area contributed by atoms with Crippen molar-refractivity contribution in [1.29, 1.82) is 0 Å². The van der Waals surface area contributed by atoms with E-state index in [0.717, 1.165) is 12.4 Å². The van der Waals surface area contributed by atoms with Gasteiger partial charge in [-0.2, -0.15) is 0 Å². The van der Waals surface area contributed by atoms with Gasteiger partial charge in [-0.15, -0.1) is 0 Å². The van der Waals surface area contributed by atoms with Gasteiger partial charge in [-0.1, -0.05) is 12.1 Å². The molecule has 0 aromatic heterocycles. The largest absolute Gasteiger partial charge is 0.478 e. The van der Waals surface area contributed by atoms with Gasteiger partial charge < -0.3 is 14.6 Å². The second-order valence-corrected chi connectivity index (χ2v) is 4.01. The lowest BCUT2D eigenvalue weighted by molar-refractivity contribution is -0.131. The lowest BCUT2D eigenvalue weighted by Gasteiger charge is -2.09. The zero-order valence-corrected chi connectivity index (χ0v) is 11.2. The molecule has 1 aromatic rings. The number of aryl methyl sites for hydroxylation is 1. The Kier molecular flexibility index (Phi) is 6.16. The van der Waals surface area contributed by atoms with E-state index in [-0.39, 0.29) is 6.61 Å². The van der Waals surface area contributed by atoms with Crippen LogP contribution >= 0.6 is 0 Å². The minimum atomic E-state index is -1.05. The molecule has 0 saturated carbocycles. The topological polar surface area (TPSA) is 80.7 Å². The van der Waals surface area contributed by atoms with E-state index >= 15 is 0 Å². The molecule has 106 valence electrons. The molecule has 0 fully saturated rings. The molecular weight excluding hydrogens is 260 g/mol. The highest BCUT2D eigenvalue weighted by atomic mass is 16.5. The van der Waals surface area contributed by atoms with Crippen LogP contribution in [0.25, 0.3) is 6.08 Å². The summed E-state index contributed by atoms with van der Waals surface area (Å²) in [6.45, 7) is 1.99. The van der Waals surface area contributed by atoms with Gasteiger partial charge in [-0.25, -0.2) is 9.59 Å². The second-order valence-electron chi connectivity index (χ2n) is 4.01. The zero-order chi connectivity index (χ0) is 15.0.